The lowest BCUT2D eigenvalue weighted by Crippen LogP contribution is -2.16. The highest BCUT2D eigenvalue weighted by atomic mass is 32.2. The molecule has 0 bridgehead atoms. The molecule has 0 saturated heterocycles. The lowest BCUT2D eigenvalue weighted by molar-refractivity contribution is -0.385. The zero-order valence-electron chi connectivity index (χ0n) is 16.2. The fraction of sp³-hybridized carbons (Fsp3) is 0.100. The molecule has 1 heterocycles. The Morgan fingerprint density at radius 2 is 1.83 bits per heavy atom. The molecule has 0 fully saturated rings. The molecule has 0 atom stereocenters. The van der Waals surface area contributed by atoms with Crippen molar-refractivity contribution in [2.24, 2.45) is 5.10 Å². The third kappa shape index (κ3) is 4.97. The molecule has 0 spiro atoms. The van der Waals surface area contributed by atoms with Crippen molar-refractivity contribution >= 4 is 33.3 Å². The van der Waals surface area contributed by atoms with E-state index in [1.807, 2.05) is 13.0 Å². The van der Waals surface area contributed by atoms with Gasteiger partial charge in [0.05, 0.1) is 28.2 Å². The fourth-order valence-corrected chi connectivity index (χ4v) is 4.00. The fourth-order valence-electron chi connectivity index (χ4n) is 2.69. The first-order chi connectivity index (χ1) is 14.3. The Morgan fingerprint density at radius 1 is 1.07 bits per heavy atom. The van der Waals surface area contributed by atoms with Gasteiger partial charge in [0.1, 0.15) is 4.90 Å². The molecule has 2 aromatic carbocycles. The molecule has 30 heavy (non-hydrogen) atoms. The predicted octanol–water partition coefficient (Wildman–Crippen LogP) is 3.85. The van der Waals surface area contributed by atoms with Crippen molar-refractivity contribution in [2.75, 3.05) is 10.1 Å². The van der Waals surface area contributed by atoms with Gasteiger partial charge < -0.3 is 0 Å². The lowest BCUT2D eigenvalue weighted by atomic mass is 10.1. The van der Waals surface area contributed by atoms with Gasteiger partial charge in [0.15, 0.2) is 0 Å². The summed E-state index contributed by atoms with van der Waals surface area (Å²) in [4.78, 5) is 14.3. The average Bonchev–Trinajstić information content (AvgIpc) is 2.71. The maximum Gasteiger partial charge on any atom is 0.270 e. The van der Waals surface area contributed by atoms with E-state index in [2.05, 4.69) is 20.2 Å². The zero-order chi connectivity index (χ0) is 21.7. The summed E-state index contributed by atoms with van der Waals surface area (Å²) >= 11 is 0. The number of aromatic nitrogens is 1. The zero-order valence-corrected chi connectivity index (χ0v) is 17.1. The molecule has 0 amide bonds. The molecular formula is C20H19N5O4S. The molecule has 0 radical (unpaired) electrons. The Hall–Kier alpha value is -3.79. The van der Waals surface area contributed by atoms with Crippen molar-refractivity contribution in [3.05, 3.63) is 87.7 Å². The highest BCUT2D eigenvalue weighted by Crippen LogP contribution is 2.29. The van der Waals surface area contributed by atoms with Crippen LogP contribution in [0.15, 0.2) is 70.8 Å². The number of nitro groups is 1. The Morgan fingerprint density at radius 3 is 2.50 bits per heavy atom. The molecule has 0 aliphatic heterocycles. The van der Waals surface area contributed by atoms with Crippen molar-refractivity contribution in [1.29, 1.82) is 0 Å². The van der Waals surface area contributed by atoms with Gasteiger partial charge in [-0.2, -0.15) is 5.10 Å². The number of hydrogen-bond donors (Lipinski definition) is 2. The minimum Gasteiger partial charge on any atom is -0.279 e. The van der Waals surface area contributed by atoms with Crippen LogP contribution in [0.3, 0.4) is 0 Å². The Balaban J connectivity index is 1.96. The van der Waals surface area contributed by atoms with E-state index in [1.165, 1.54) is 18.3 Å². The topological polar surface area (TPSA) is 127 Å². The third-order valence-corrected chi connectivity index (χ3v) is 5.57. The van der Waals surface area contributed by atoms with Gasteiger partial charge in [-0.3, -0.25) is 25.2 Å². The van der Waals surface area contributed by atoms with Crippen LogP contribution in [0.4, 0.5) is 17.1 Å². The van der Waals surface area contributed by atoms with Crippen molar-refractivity contribution in [2.45, 2.75) is 18.7 Å². The Labute approximate surface area is 173 Å². The molecule has 0 aliphatic rings. The van der Waals surface area contributed by atoms with Gasteiger partial charge in [-0.15, -0.1) is 0 Å². The normalized spacial score (nSPS) is 11.4. The van der Waals surface area contributed by atoms with E-state index < -0.39 is 14.9 Å². The quantitative estimate of drug-likeness (QED) is 0.336. The molecule has 0 saturated carbocycles. The van der Waals surface area contributed by atoms with Crippen LogP contribution in [-0.4, -0.2) is 24.5 Å². The number of nitro benzene ring substituents is 1. The second kappa shape index (κ2) is 8.70. The molecule has 3 aromatic rings. The largest absolute Gasteiger partial charge is 0.279 e. The summed E-state index contributed by atoms with van der Waals surface area (Å²) in [6.07, 6.45) is 3.01. The highest BCUT2D eigenvalue weighted by Gasteiger charge is 2.23. The van der Waals surface area contributed by atoms with Gasteiger partial charge in [0.25, 0.3) is 15.7 Å². The Kier molecular flexibility index (Phi) is 6.07. The molecule has 1 aromatic heterocycles. The number of hydrazone groups is 1. The maximum absolute atomic E-state index is 13.0. The SMILES string of the molecule is Cc1ccc(NS(=O)(=O)c2cc([N+](=O)[O-])ccc2NN=Cc2ccccn2)c(C)c1. The molecule has 10 heteroatoms. The lowest BCUT2D eigenvalue weighted by Gasteiger charge is -2.14. The van der Waals surface area contributed by atoms with Crippen molar-refractivity contribution in [3.8, 4) is 0 Å². The molecule has 9 nitrogen and oxygen atoms in total. The van der Waals surface area contributed by atoms with Crippen LogP contribution in [0, 0.1) is 24.0 Å². The van der Waals surface area contributed by atoms with Crippen LogP contribution >= 0.6 is 0 Å². The van der Waals surface area contributed by atoms with Crippen molar-refractivity contribution in [1.82, 2.24) is 4.98 Å². The van der Waals surface area contributed by atoms with E-state index >= 15 is 0 Å². The van der Waals surface area contributed by atoms with Crippen LogP contribution in [0.5, 0.6) is 0 Å². The highest BCUT2D eigenvalue weighted by molar-refractivity contribution is 7.92. The predicted molar refractivity (Wildman–Crippen MR) is 115 cm³/mol. The first-order valence-electron chi connectivity index (χ1n) is 8.85. The van der Waals surface area contributed by atoms with Gasteiger partial charge in [-0.25, -0.2) is 8.42 Å². The summed E-state index contributed by atoms with van der Waals surface area (Å²) in [7, 11) is -4.14. The van der Waals surface area contributed by atoms with Gasteiger partial charge >= 0.3 is 0 Å². The van der Waals surface area contributed by atoms with E-state index in [0.717, 1.165) is 17.2 Å². The van der Waals surface area contributed by atoms with Gasteiger partial charge in [-0.05, 0) is 43.7 Å². The molecule has 2 N–H and O–H groups in total. The summed E-state index contributed by atoms with van der Waals surface area (Å²) in [5.41, 5.74) is 5.02. The first kappa shape index (κ1) is 20.9. The standard InChI is InChI=1S/C20H19N5O4S/c1-14-6-8-18(15(2)11-14)24-30(28,29)20-12-17(25(26)27)7-9-19(20)23-22-13-16-5-3-4-10-21-16/h3-13,23-24H,1-2H3. The number of nitrogens with zero attached hydrogens (tertiary/aromatic N) is 3. The summed E-state index contributed by atoms with van der Waals surface area (Å²) in [5, 5.41) is 15.2. The Bertz CT molecular complexity index is 1210. The minimum atomic E-state index is -4.14. The maximum atomic E-state index is 13.0. The van der Waals surface area contributed by atoms with Gasteiger partial charge in [-0.1, -0.05) is 23.8 Å². The first-order valence-corrected chi connectivity index (χ1v) is 10.3. The summed E-state index contributed by atoms with van der Waals surface area (Å²) in [5.74, 6) is 0. The van der Waals surface area contributed by atoms with Crippen molar-refractivity contribution < 1.29 is 13.3 Å². The number of anilines is 2. The smallest absolute Gasteiger partial charge is 0.270 e. The third-order valence-electron chi connectivity index (χ3n) is 4.16. The van der Waals surface area contributed by atoms with Crippen LogP contribution < -0.4 is 10.1 Å². The van der Waals surface area contributed by atoms with E-state index in [0.29, 0.717) is 11.4 Å². The minimum absolute atomic E-state index is 0.0880. The number of benzene rings is 2. The van der Waals surface area contributed by atoms with Gasteiger partial charge in [0.2, 0.25) is 0 Å². The van der Waals surface area contributed by atoms with Crippen LogP contribution in [-0.2, 0) is 10.0 Å². The number of hydrogen-bond acceptors (Lipinski definition) is 7. The number of rotatable bonds is 7. The second-order valence-electron chi connectivity index (χ2n) is 6.49. The second-order valence-corrected chi connectivity index (χ2v) is 8.14. The van der Waals surface area contributed by atoms with Crippen LogP contribution in [0.25, 0.3) is 0 Å². The summed E-state index contributed by atoms with van der Waals surface area (Å²) < 4.78 is 28.5. The molecule has 0 unspecified atom stereocenters. The van der Waals surface area contributed by atoms with Crippen LogP contribution in [0.2, 0.25) is 0 Å². The van der Waals surface area contributed by atoms with Crippen LogP contribution in [0.1, 0.15) is 16.8 Å². The number of aryl methyl sites for hydroxylation is 2. The number of nitrogens with one attached hydrogen (secondary N) is 2. The van der Waals surface area contributed by atoms with Gasteiger partial charge in [0, 0.05) is 18.3 Å². The number of pyridine rings is 1. The molecule has 154 valence electrons. The van der Waals surface area contributed by atoms with E-state index in [9.17, 15) is 18.5 Å². The summed E-state index contributed by atoms with van der Waals surface area (Å²) in [6, 6.07) is 14.0. The monoisotopic (exact) mass is 425 g/mol. The molecular weight excluding hydrogens is 406 g/mol. The average molecular weight is 425 g/mol. The molecule has 3 rings (SSSR count). The summed E-state index contributed by atoms with van der Waals surface area (Å²) in [6.45, 7) is 3.67. The number of non-ortho nitro benzene ring substituents is 1. The van der Waals surface area contributed by atoms with Crippen molar-refractivity contribution in [3.63, 3.8) is 0 Å². The van der Waals surface area contributed by atoms with E-state index in [4.69, 9.17) is 0 Å². The van der Waals surface area contributed by atoms with E-state index in [1.54, 1.807) is 43.5 Å². The van der Waals surface area contributed by atoms with E-state index in [-0.39, 0.29) is 16.3 Å². The molecule has 0 aliphatic carbocycles. The number of sulfonamides is 1.